The SMILES string of the molecule is O=C(O)c1cnn(Cl)n1. The molecule has 1 N–H and O–H groups in total. The van der Waals surface area contributed by atoms with E-state index < -0.39 is 5.97 Å². The number of hydrogen-bond donors (Lipinski definition) is 1. The number of rotatable bonds is 1. The molecule has 0 aliphatic heterocycles. The third kappa shape index (κ3) is 1.17. The fraction of sp³-hybridized carbons (Fsp3) is 0. The number of aromatic carboxylic acids is 1. The monoisotopic (exact) mass is 147 g/mol. The molecule has 0 spiro atoms. The molecule has 5 nitrogen and oxygen atoms in total. The minimum absolute atomic E-state index is 0.162. The zero-order valence-electron chi connectivity index (χ0n) is 4.15. The highest BCUT2D eigenvalue weighted by molar-refractivity contribution is 6.14. The summed E-state index contributed by atoms with van der Waals surface area (Å²) in [5, 5.41) is 14.8. The highest BCUT2D eigenvalue weighted by Crippen LogP contribution is 1.90. The Hall–Kier alpha value is -1.10. The Balaban J connectivity index is 2.98. The molecule has 0 aliphatic carbocycles. The molecule has 0 aromatic carbocycles. The summed E-state index contributed by atoms with van der Waals surface area (Å²) in [5.41, 5.74) is -0.162. The van der Waals surface area contributed by atoms with E-state index in [-0.39, 0.29) is 5.69 Å². The van der Waals surface area contributed by atoms with Crippen molar-refractivity contribution in [3.05, 3.63) is 11.9 Å². The number of carbonyl (C=O) groups is 1. The number of aromatic nitrogens is 3. The molecule has 9 heavy (non-hydrogen) atoms. The first-order valence-corrected chi connectivity index (χ1v) is 2.36. The Morgan fingerprint density at radius 3 is 2.78 bits per heavy atom. The molecule has 0 saturated carbocycles. The van der Waals surface area contributed by atoms with E-state index in [4.69, 9.17) is 16.9 Å². The normalized spacial score (nSPS) is 9.44. The highest BCUT2D eigenvalue weighted by atomic mass is 35.5. The van der Waals surface area contributed by atoms with Crippen LogP contribution in [0.15, 0.2) is 6.20 Å². The lowest BCUT2D eigenvalue weighted by atomic mass is 10.5. The minimum Gasteiger partial charge on any atom is -0.476 e. The zero-order valence-corrected chi connectivity index (χ0v) is 4.91. The first-order chi connectivity index (χ1) is 4.20. The van der Waals surface area contributed by atoms with Gasteiger partial charge >= 0.3 is 5.97 Å². The van der Waals surface area contributed by atoms with Crippen molar-refractivity contribution in [3.63, 3.8) is 0 Å². The van der Waals surface area contributed by atoms with E-state index in [0.29, 0.717) is 4.32 Å². The molecule has 0 saturated heterocycles. The molecule has 0 unspecified atom stereocenters. The van der Waals surface area contributed by atoms with Crippen LogP contribution in [0.25, 0.3) is 0 Å². The molecule has 1 aromatic rings. The largest absolute Gasteiger partial charge is 0.476 e. The Morgan fingerprint density at radius 1 is 1.89 bits per heavy atom. The molecule has 0 aliphatic rings. The fourth-order valence-corrected chi connectivity index (χ4v) is 0.466. The maximum atomic E-state index is 10.0. The van der Waals surface area contributed by atoms with Crippen molar-refractivity contribution in [3.8, 4) is 0 Å². The first-order valence-electron chi connectivity index (χ1n) is 2.02. The maximum Gasteiger partial charge on any atom is 0.358 e. The van der Waals surface area contributed by atoms with Crippen LogP contribution in [0, 0.1) is 0 Å². The topological polar surface area (TPSA) is 68.0 Å². The predicted octanol–water partition coefficient (Wildman–Crippen LogP) is -0.0218. The smallest absolute Gasteiger partial charge is 0.358 e. The molecule has 0 bridgehead atoms. The van der Waals surface area contributed by atoms with E-state index in [2.05, 4.69) is 10.2 Å². The van der Waals surface area contributed by atoms with Crippen LogP contribution in [-0.4, -0.2) is 25.6 Å². The standard InChI is InChI=1S/C3H2ClN3O2/c4-7-5-1-2(6-7)3(8)9/h1H,(H,8,9). The zero-order chi connectivity index (χ0) is 6.85. The van der Waals surface area contributed by atoms with Crippen LogP contribution in [0.4, 0.5) is 0 Å². The van der Waals surface area contributed by atoms with Gasteiger partial charge < -0.3 is 5.11 Å². The van der Waals surface area contributed by atoms with Gasteiger partial charge in [-0.15, -0.1) is 10.2 Å². The van der Waals surface area contributed by atoms with Gasteiger partial charge in [0.2, 0.25) is 0 Å². The highest BCUT2D eigenvalue weighted by Gasteiger charge is 2.05. The Morgan fingerprint density at radius 2 is 2.56 bits per heavy atom. The van der Waals surface area contributed by atoms with Crippen LogP contribution in [0.1, 0.15) is 10.5 Å². The van der Waals surface area contributed by atoms with E-state index >= 15 is 0 Å². The molecule has 0 atom stereocenters. The Kier molecular flexibility index (Phi) is 1.35. The van der Waals surface area contributed by atoms with Crippen LogP contribution in [0.3, 0.4) is 0 Å². The van der Waals surface area contributed by atoms with Crippen LogP contribution in [0.5, 0.6) is 0 Å². The summed E-state index contributed by atoms with van der Waals surface area (Å²) in [6.45, 7) is 0. The molecule has 0 amide bonds. The van der Waals surface area contributed by atoms with Crippen molar-refractivity contribution < 1.29 is 9.90 Å². The maximum absolute atomic E-state index is 10.0. The molecule has 1 heterocycles. The van der Waals surface area contributed by atoms with Crippen molar-refractivity contribution in [2.45, 2.75) is 0 Å². The van der Waals surface area contributed by atoms with E-state index in [1.807, 2.05) is 0 Å². The van der Waals surface area contributed by atoms with Gasteiger partial charge in [0, 0.05) is 0 Å². The molecular weight excluding hydrogens is 146 g/mol. The Labute approximate surface area is 55.0 Å². The van der Waals surface area contributed by atoms with Crippen LogP contribution in [-0.2, 0) is 0 Å². The lowest BCUT2D eigenvalue weighted by Crippen LogP contribution is -1.96. The molecule has 1 rings (SSSR count). The van der Waals surface area contributed by atoms with Gasteiger partial charge in [0.15, 0.2) is 5.69 Å². The summed E-state index contributed by atoms with van der Waals surface area (Å²) < 4.78 is 0.670. The number of hydrogen-bond acceptors (Lipinski definition) is 3. The molecule has 1 aromatic heterocycles. The average Bonchev–Trinajstić information content (AvgIpc) is 2.14. The number of halogens is 1. The van der Waals surface area contributed by atoms with Gasteiger partial charge in [-0.3, -0.25) is 0 Å². The summed E-state index contributed by atoms with van der Waals surface area (Å²) in [6.07, 6.45) is 1.06. The van der Waals surface area contributed by atoms with Gasteiger partial charge in [0.25, 0.3) is 0 Å². The van der Waals surface area contributed by atoms with Crippen LogP contribution >= 0.6 is 11.8 Å². The van der Waals surface area contributed by atoms with Gasteiger partial charge in [-0.2, -0.15) is 0 Å². The summed E-state index contributed by atoms with van der Waals surface area (Å²) >= 11 is 5.14. The second kappa shape index (κ2) is 2.02. The summed E-state index contributed by atoms with van der Waals surface area (Å²) in [4.78, 5) is 10.0. The lowest BCUT2D eigenvalue weighted by Gasteiger charge is -1.78. The van der Waals surface area contributed by atoms with Gasteiger partial charge in [0.05, 0.1) is 18.0 Å². The van der Waals surface area contributed by atoms with Crippen molar-refractivity contribution in [2.75, 3.05) is 0 Å². The summed E-state index contributed by atoms with van der Waals surface area (Å²) in [5.74, 6) is -1.14. The number of nitrogens with zero attached hydrogens (tertiary/aromatic N) is 3. The predicted molar refractivity (Wildman–Crippen MR) is 28.2 cm³/mol. The van der Waals surface area contributed by atoms with Gasteiger partial charge in [0.1, 0.15) is 0 Å². The van der Waals surface area contributed by atoms with Crippen molar-refractivity contribution in [1.82, 2.24) is 14.5 Å². The van der Waals surface area contributed by atoms with Gasteiger partial charge in [-0.1, -0.05) is 4.32 Å². The van der Waals surface area contributed by atoms with Crippen molar-refractivity contribution in [1.29, 1.82) is 0 Å². The number of carboxylic acid groups (broad SMARTS) is 1. The second-order valence-electron chi connectivity index (χ2n) is 1.28. The van der Waals surface area contributed by atoms with E-state index in [1.54, 1.807) is 0 Å². The fourth-order valence-electron chi connectivity index (χ4n) is 0.341. The molecule has 6 heteroatoms. The molecular formula is C3H2ClN3O2. The van der Waals surface area contributed by atoms with Crippen molar-refractivity contribution >= 4 is 17.7 Å². The van der Waals surface area contributed by atoms with E-state index in [0.717, 1.165) is 6.20 Å². The Bertz CT molecular complexity index is 233. The quantitative estimate of drug-likeness (QED) is 0.606. The van der Waals surface area contributed by atoms with Crippen LogP contribution in [0.2, 0.25) is 0 Å². The minimum atomic E-state index is -1.14. The molecule has 48 valence electrons. The average molecular weight is 148 g/mol. The van der Waals surface area contributed by atoms with E-state index in [9.17, 15) is 4.79 Å². The third-order valence-electron chi connectivity index (χ3n) is 0.685. The first kappa shape index (κ1) is 6.03. The summed E-state index contributed by atoms with van der Waals surface area (Å²) in [7, 11) is 0. The van der Waals surface area contributed by atoms with E-state index in [1.165, 1.54) is 0 Å². The van der Waals surface area contributed by atoms with Gasteiger partial charge in [-0.05, 0) is 0 Å². The van der Waals surface area contributed by atoms with Gasteiger partial charge in [-0.25, -0.2) is 4.79 Å². The molecule has 0 fully saturated rings. The second-order valence-corrected chi connectivity index (χ2v) is 1.58. The lowest BCUT2D eigenvalue weighted by molar-refractivity contribution is 0.0690. The molecule has 0 radical (unpaired) electrons. The third-order valence-corrected chi connectivity index (χ3v) is 0.848. The van der Waals surface area contributed by atoms with Crippen molar-refractivity contribution in [2.24, 2.45) is 0 Å². The number of carboxylic acids is 1. The summed E-state index contributed by atoms with van der Waals surface area (Å²) in [6, 6.07) is 0. The van der Waals surface area contributed by atoms with Crippen LogP contribution < -0.4 is 0 Å².